The number of fused-ring (bicyclic) bond motifs is 5. The van der Waals surface area contributed by atoms with Crippen LogP contribution in [0.3, 0.4) is 0 Å². The molecule has 0 N–H and O–H groups in total. The van der Waals surface area contributed by atoms with E-state index in [9.17, 15) is 0 Å². The summed E-state index contributed by atoms with van der Waals surface area (Å²) in [6.45, 7) is 13.2. The Morgan fingerprint density at radius 2 is 1.58 bits per heavy atom. The van der Waals surface area contributed by atoms with Crippen LogP contribution in [-0.4, -0.2) is 22.2 Å². The third kappa shape index (κ3) is 2.27. The Morgan fingerprint density at radius 3 is 2.25 bits per heavy atom. The number of anilines is 3. The number of hydrogen-bond donors (Lipinski definition) is 0. The summed E-state index contributed by atoms with van der Waals surface area (Å²) < 4.78 is 0. The lowest BCUT2D eigenvalue weighted by atomic mass is 9.81. The Kier molecular flexibility index (Phi) is 4.48. The summed E-state index contributed by atoms with van der Waals surface area (Å²) in [5.41, 5.74) is 2.69. The van der Waals surface area contributed by atoms with Crippen molar-refractivity contribution in [3.63, 3.8) is 0 Å². The second kappa shape index (κ2) is 6.42. The van der Waals surface area contributed by atoms with Crippen LogP contribution in [0.2, 0.25) is 0 Å². The Morgan fingerprint density at radius 1 is 0.958 bits per heavy atom. The molecule has 2 aromatic rings. The summed E-state index contributed by atoms with van der Waals surface area (Å²) >= 11 is 0. The summed E-state index contributed by atoms with van der Waals surface area (Å²) in [5.74, 6) is 3.03. The standard InChI is InChI=1S/C18H22N4.C2H6/c1-11(2)21-16-17(20-10-9-19-16)22-15-8-6-5-7-14(15)12(3)13(4)18(21)22;1-2/h5-13,18H,1-4H3;1-2H3/t12-,13?,18?;/m0./s1. The molecule has 24 heavy (non-hydrogen) atoms. The van der Waals surface area contributed by atoms with Gasteiger partial charge in [-0.1, -0.05) is 45.9 Å². The third-order valence-corrected chi connectivity index (χ3v) is 5.18. The fourth-order valence-electron chi connectivity index (χ4n) is 3.98. The SMILES string of the molecule is CC.CC1C2N(c3ccccc3[C@H]1C)c1nccnc1N2C(C)C. The molecule has 4 rings (SSSR count). The molecule has 0 radical (unpaired) electrons. The monoisotopic (exact) mass is 324 g/mol. The second-order valence-electron chi connectivity index (χ2n) is 6.69. The fourth-order valence-corrected chi connectivity index (χ4v) is 3.98. The van der Waals surface area contributed by atoms with Gasteiger partial charge in [-0.15, -0.1) is 0 Å². The van der Waals surface area contributed by atoms with E-state index in [4.69, 9.17) is 0 Å². The summed E-state index contributed by atoms with van der Waals surface area (Å²) in [6.07, 6.45) is 3.89. The average Bonchev–Trinajstić information content (AvgIpc) is 2.97. The molecule has 2 aliphatic heterocycles. The molecule has 2 unspecified atom stereocenters. The van der Waals surface area contributed by atoms with Crippen molar-refractivity contribution in [2.75, 3.05) is 9.80 Å². The zero-order valence-corrected chi connectivity index (χ0v) is 15.6. The van der Waals surface area contributed by atoms with E-state index in [1.807, 2.05) is 13.8 Å². The lowest BCUT2D eigenvalue weighted by Crippen LogP contribution is -2.52. The van der Waals surface area contributed by atoms with Crippen molar-refractivity contribution in [1.82, 2.24) is 9.97 Å². The van der Waals surface area contributed by atoms with Gasteiger partial charge in [0.25, 0.3) is 0 Å². The Labute approximate surface area is 145 Å². The van der Waals surface area contributed by atoms with Crippen molar-refractivity contribution in [2.45, 2.75) is 59.7 Å². The number of hydrogen-bond acceptors (Lipinski definition) is 4. The molecular formula is C20H28N4. The molecule has 3 atom stereocenters. The largest absolute Gasteiger partial charge is 0.330 e. The van der Waals surface area contributed by atoms with E-state index >= 15 is 0 Å². The highest BCUT2D eigenvalue weighted by atomic mass is 15.5. The Hall–Kier alpha value is -2.10. The van der Waals surface area contributed by atoms with Crippen LogP contribution < -0.4 is 9.80 Å². The Balaban J connectivity index is 0.000000815. The normalized spacial score (nSPS) is 24.0. The number of aromatic nitrogens is 2. The van der Waals surface area contributed by atoms with Crippen molar-refractivity contribution < 1.29 is 0 Å². The minimum Gasteiger partial charge on any atom is -0.330 e. The molecule has 1 aromatic heterocycles. The molecule has 4 nitrogen and oxygen atoms in total. The van der Waals surface area contributed by atoms with Crippen LogP contribution in [0.5, 0.6) is 0 Å². The third-order valence-electron chi connectivity index (χ3n) is 5.18. The van der Waals surface area contributed by atoms with Crippen molar-refractivity contribution in [1.29, 1.82) is 0 Å². The van der Waals surface area contributed by atoms with Crippen LogP contribution in [0.1, 0.15) is 53.0 Å². The van der Waals surface area contributed by atoms with Gasteiger partial charge < -0.3 is 9.80 Å². The maximum atomic E-state index is 4.66. The first-order valence-corrected chi connectivity index (χ1v) is 9.08. The molecule has 0 fully saturated rings. The molecule has 0 saturated heterocycles. The van der Waals surface area contributed by atoms with E-state index in [0.717, 1.165) is 11.6 Å². The molecule has 0 bridgehead atoms. The summed E-state index contributed by atoms with van der Waals surface area (Å²) in [4.78, 5) is 14.1. The van der Waals surface area contributed by atoms with Gasteiger partial charge in [-0.2, -0.15) is 0 Å². The fraction of sp³-hybridized carbons (Fsp3) is 0.500. The van der Waals surface area contributed by atoms with E-state index < -0.39 is 0 Å². The molecule has 0 aliphatic carbocycles. The second-order valence-corrected chi connectivity index (χ2v) is 6.69. The summed E-state index contributed by atoms with van der Waals surface area (Å²) in [5, 5.41) is 0. The van der Waals surface area contributed by atoms with E-state index in [0.29, 0.717) is 24.0 Å². The first-order chi connectivity index (χ1) is 11.6. The zero-order chi connectivity index (χ0) is 17.4. The Bertz CT molecular complexity index is 712. The molecule has 3 heterocycles. The van der Waals surface area contributed by atoms with Gasteiger partial charge in [0, 0.05) is 30.0 Å². The smallest absolute Gasteiger partial charge is 0.178 e. The van der Waals surface area contributed by atoms with Crippen LogP contribution in [0.15, 0.2) is 36.7 Å². The molecule has 1 aromatic carbocycles. The van der Waals surface area contributed by atoms with Crippen molar-refractivity contribution >= 4 is 17.3 Å². The highest BCUT2D eigenvalue weighted by Gasteiger charge is 2.48. The minimum absolute atomic E-state index is 0.294. The van der Waals surface area contributed by atoms with Crippen molar-refractivity contribution in [2.24, 2.45) is 5.92 Å². The van der Waals surface area contributed by atoms with Crippen LogP contribution in [0.4, 0.5) is 17.3 Å². The molecule has 2 aliphatic rings. The van der Waals surface area contributed by atoms with Gasteiger partial charge in [-0.05, 0) is 31.4 Å². The topological polar surface area (TPSA) is 32.3 Å². The lowest BCUT2D eigenvalue weighted by Gasteiger charge is -2.45. The van der Waals surface area contributed by atoms with Gasteiger partial charge >= 0.3 is 0 Å². The van der Waals surface area contributed by atoms with E-state index in [1.54, 1.807) is 12.4 Å². The number of benzene rings is 1. The highest BCUT2D eigenvalue weighted by molar-refractivity contribution is 5.81. The van der Waals surface area contributed by atoms with E-state index in [2.05, 4.69) is 71.7 Å². The molecular weight excluding hydrogens is 296 g/mol. The number of nitrogens with zero attached hydrogens (tertiary/aromatic N) is 4. The number of para-hydroxylation sites is 1. The van der Waals surface area contributed by atoms with Gasteiger partial charge in [0.05, 0.1) is 0 Å². The van der Waals surface area contributed by atoms with E-state index in [1.165, 1.54) is 11.3 Å². The van der Waals surface area contributed by atoms with Gasteiger partial charge in [0.2, 0.25) is 0 Å². The van der Waals surface area contributed by atoms with Crippen LogP contribution in [0.25, 0.3) is 0 Å². The summed E-state index contributed by atoms with van der Waals surface area (Å²) in [7, 11) is 0. The first kappa shape index (κ1) is 16.7. The molecule has 0 spiro atoms. The van der Waals surface area contributed by atoms with Crippen LogP contribution in [0, 0.1) is 5.92 Å². The molecule has 4 heteroatoms. The predicted molar refractivity (Wildman–Crippen MR) is 101 cm³/mol. The highest BCUT2D eigenvalue weighted by Crippen LogP contribution is 2.52. The first-order valence-electron chi connectivity index (χ1n) is 9.08. The lowest BCUT2D eigenvalue weighted by molar-refractivity contribution is 0.357. The van der Waals surface area contributed by atoms with Crippen LogP contribution >= 0.6 is 0 Å². The maximum absolute atomic E-state index is 4.66. The average molecular weight is 324 g/mol. The van der Waals surface area contributed by atoms with Gasteiger partial charge in [-0.25, -0.2) is 9.97 Å². The van der Waals surface area contributed by atoms with Gasteiger partial charge in [-0.3, -0.25) is 0 Å². The molecule has 0 saturated carbocycles. The molecule has 0 amide bonds. The quantitative estimate of drug-likeness (QED) is 0.743. The van der Waals surface area contributed by atoms with Crippen molar-refractivity contribution in [3.8, 4) is 0 Å². The number of rotatable bonds is 1. The van der Waals surface area contributed by atoms with Gasteiger partial charge in [0.15, 0.2) is 11.6 Å². The predicted octanol–water partition coefficient (Wildman–Crippen LogP) is 4.95. The zero-order valence-electron chi connectivity index (χ0n) is 15.6. The van der Waals surface area contributed by atoms with Gasteiger partial charge in [0.1, 0.15) is 6.17 Å². The summed E-state index contributed by atoms with van der Waals surface area (Å²) in [6, 6.07) is 9.11. The molecule has 128 valence electrons. The van der Waals surface area contributed by atoms with Crippen LogP contribution in [-0.2, 0) is 0 Å². The van der Waals surface area contributed by atoms with Crippen molar-refractivity contribution in [3.05, 3.63) is 42.2 Å². The minimum atomic E-state index is 0.294. The maximum Gasteiger partial charge on any atom is 0.178 e. The van der Waals surface area contributed by atoms with E-state index in [-0.39, 0.29) is 0 Å².